The van der Waals surface area contributed by atoms with Crippen LogP contribution in [0, 0.1) is 5.41 Å². The molecule has 8 nitrogen and oxygen atoms in total. The van der Waals surface area contributed by atoms with Crippen LogP contribution in [0.3, 0.4) is 0 Å². The number of nitrogens with zero attached hydrogens (tertiary/aromatic N) is 4. The van der Waals surface area contributed by atoms with Crippen LogP contribution >= 0.6 is 0 Å². The molecule has 8 heteroatoms. The van der Waals surface area contributed by atoms with E-state index < -0.39 is 5.60 Å². The second-order valence-electron chi connectivity index (χ2n) is 11.1. The molecular formula is C26H38N6O2. The lowest BCUT2D eigenvalue weighted by molar-refractivity contribution is -0.145. The largest absolute Gasteiger partial charge is 0.381 e. The fourth-order valence-electron chi connectivity index (χ4n) is 5.49. The topological polar surface area (TPSA) is 84.3 Å². The zero-order chi connectivity index (χ0) is 23.9. The Bertz CT molecular complexity index is 1080. The highest BCUT2D eigenvalue weighted by Crippen LogP contribution is 2.39. The van der Waals surface area contributed by atoms with Crippen molar-refractivity contribution in [3.63, 3.8) is 0 Å². The average molecular weight is 467 g/mol. The quantitative estimate of drug-likeness (QED) is 0.691. The molecule has 2 aromatic heterocycles. The molecule has 1 amide bonds. The number of hydrogen-bond acceptors (Lipinski definition) is 6. The zero-order valence-electron chi connectivity index (χ0n) is 21.0. The third kappa shape index (κ3) is 4.28. The number of carbonyl (C=O) groups is 1. The van der Waals surface area contributed by atoms with Gasteiger partial charge in [-0.2, -0.15) is 5.10 Å². The molecule has 0 bridgehead atoms. The normalized spacial score (nSPS) is 21.1. The van der Waals surface area contributed by atoms with E-state index in [1.165, 1.54) is 32.1 Å². The number of carbonyl (C=O) groups excluding carboxylic acids is 1. The highest BCUT2D eigenvalue weighted by Gasteiger charge is 2.42. The number of fused-ring (bicyclic) bond motifs is 1. The number of anilines is 1. The Morgan fingerprint density at radius 3 is 2.62 bits per heavy atom. The molecule has 2 aromatic rings. The van der Waals surface area contributed by atoms with Gasteiger partial charge in [0.15, 0.2) is 5.65 Å². The van der Waals surface area contributed by atoms with Gasteiger partial charge in [0.2, 0.25) is 5.91 Å². The lowest BCUT2D eigenvalue weighted by Gasteiger charge is -2.39. The molecule has 2 N–H and O–H groups in total. The van der Waals surface area contributed by atoms with Crippen molar-refractivity contribution in [1.29, 1.82) is 0 Å². The van der Waals surface area contributed by atoms with Crippen molar-refractivity contribution >= 4 is 28.3 Å². The predicted molar refractivity (Wildman–Crippen MR) is 134 cm³/mol. The Balaban J connectivity index is 1.43. The fraction of sp³-hybridized carbons (Fsp3) is 0.654. The van der Waals surface area contributed by atoms with Crippen LogP contribution < -0.4 is 10.8 Å². The molecule has 2 aliphatic heterocycles. The SMILES string of the molecule is CCn1ncc2c(NC3CCCCC3)c(C3=CC4(CCN(C(=O)C(C)(C)C)CC4)ON3)cnc21. The number of piperidine rings is 1. The van der Waals surface area contributed by atoms with Gasteiger partial charge in [0.05, 0.1) is 23.0 Å². The molecule has 4 heterocycles. The van der Waals surface area contributed by atoms with Crippen molar-refractivity contribution in [3.05, 3.63) is 24.0 Å². The van der Waals surface area contributed by atoms with Gasteiger partial charge in [0.25, 0.3) is 0 Å². The number of rotatable bonds is 4. The summed E-state index contributed by atoms with van der Waals surface area (Å²) >= 11 is 0. The highest BCUT2D eigenvalue weighted by molar-refractivity contribution is 5.96. The van der Waals surface area contributed by atoms with Crippen LogP contribution in [-0.2, 0) is 16.2 Å². The molecule has 5 rings (SSSR count). The van der Waals surface area contributed by atoms with E-state index in [0.29, 0.717) is 19.1 Å². The Hall–Kier alpha value is -2.61. The Kier molecular flexibility index (Phi) is 6.04. The van der Waals surface area contributed by atoms with Gasteiger partial charge >= 0.3 is 0 Å². The number of nitrogens with one attached hydrogen (secondary N) is 2. The van der Waals surface area contributed by atoms with E-state index in [2.05, 4.69) is 28.9 Å². The van der Waals surface area contributed by atoms with Gasteiger partial charge in [-0.3, -0.25) is 15.1 Å². The minimum Gasteiger partial charge on any atom is -0.381 e. The summed E-state index contributed by atoms with van der Waals surface area (Å²) in [5, 5.41) is 9.48. The van der Waals surface area contributed by atoms with E-state index in [4.69, 9.17) is 9.82 Å². The summed E-state index contributed by atoms with van der Waals surface area (Å²) in [6, 6.07) is 0.464. The van der Waals surface area contributed by atoms with Crippen LogP contribution in [-0.4, -0.2) is 50.3 Å². The standard InChI is InChI=1S/C26H38N6O2/c1-5-32-23-20(17-28-32)22(29-18-9-7-6-8-10-18)19(16-27-23)21-15-26(34-30-21)11-13-31(14-12-26)24(33)25(2,3)4/h15-18,30H,5-14H2,1-4H3,(H,27,29). The third-order valence-electron chi connectivity index (χ3n) is 7.52. The second-order valence-corrected chi connectivity index (χ2v) is 11.1. The van der Waals surface area contributed by atoms with Crippen LogP contribution in [0.2, 0.25) is 0 Å². The first-order valence-corrected chi connectivity index (χ1v) is 12.9. The Labute approximate surface area is 202 Å². The maximum Gasteiger partial charge on any atom is 0.227 e. The number of amides is 1. The summed E-state index contributed by atoms with van der Waals surface area (Å²) in [4.78, 5) is 25.7. The van der Waals surface area contributed by atoms with Crippen molar-refractivity contribution in [2.24, 2.45) is 5.41 Å². The third-order valence-corrected chi connectivity index (χ3v) is 7.52. The van der Waals surface area contributed by atoms with E-state index in [-0.39, 0.29) is 11.3 Å². The summed E-state index contributed by atoms with van der Waals surface area (Å²) in [7, 11) is 0. The number of hydroxylamine groups is 1. The van der Waals surface area contributed by atoms with Crippen molar-refractivity contribution in [2.75, 3.05) is 18.4 Å². The van der Waals surface area contributed by atoms with Gasteiger partial charge in [0, 0.05) is 55.7 Å². The van der Waals surface area contributed by atoms with Crippen molar-refractivity contribution in [3.8, 4) is 0 Å². The van der Waals surface area contributed by atoms with Crippen LogP contribution in [0.15, 0.2) is 18.5 Å². The molecule has 1 aliphatic carbocycles. The maximum absolute atomic E-state index is 12.7. The van der Waals surface area contributed by atoms with Crippen LogP contribution in [0.5, 0.6) is 0 Å². The second kappa shape index (κ2) is 8.87. The molecule has 3 aliphatic rings. The van der Waals surface area contributed by atoms with Crippen LogP contribution in [0.1, 0.15) is 78.2 Å². The van der Waals surface area contributed by atoms with Crippen LogP contribution in [0.4, 0.5) is 5.69 Å². The minimum absolute atomic E-state index is 0.207. The molecule has 0 aromatic carbocycles. The lowest BCUT2D eigenvalue weighted by Crippen LogP contribution is -2.49. The molecule has 1 spiro atoms. The minimum atomic E-state index is -0.394. The first-order chi connectivity index (χ1) is 16.3. The summed E-state index contributed by atoms with van der Waals surface area (Å²) in [5.41, 5.74) is 6.45. The van der Waals surface area contributed by atoms with Gasteiger partial charge in [0.1, 0.15) is 5.60 Å². The first-order valence-electron chi connectivity index (χ1n) is 12.9. The average Bonchev–Trinajstić information content (AvgIpc) is 3.44. The van der Waals surface area contributed by atoms with Crippen molar-refractivity contribution in [1.82, 2.24) is 25.1 Å². The smallest absolute Gasteiger partial charge is 0.227 e. The maximum atomic E-state index is 12.7. The van der Waals surface area contributed by atoms with Gasteiger partial charge < -0.3 is 10.2 Å². The van der Waals surface area contributed by atoms with E-state index in [1.807, 2.05) is 42.7 Å². The summed E-state index contributed by atoms with van der Waals surface area (Å²) in [6.07, 6.45) is 13.9. The fourth-order valence-corrected chi connectivity index (χ4v) is 5.49. The molecule has 0 atom stereocenters. The Morgan fingerprint density at radius 2 is 1.94 bits per heavy atom. The molecule has 0 radical (unpaired) electrons. The van der Waals surface area contributed by atoms with Crippen LogP contribution in [0.25, 0.3) is 16.7 Å². The highest BCUT2D eigenvalue weighted by atomic mass is 16.7. The van der Waals surface area contributed by atoms with Crippen molar-refractivity contribution in [2.45, 2.75) is 90.8 Å². The molecule has 1 saturated carbocycles. The van der Waals surface area contributed by atoms with Gasteiger partial charge in [-0.25, -0.2) is 9.67 Å². The predicted octanol–water partition coefficient (Wildman–Crippen LogP) is 4.48. The van der Waals surface area contributed by atoms with E-state index >= 15 is 0 Å². The molecule has 0 unspecified atom stereocenters. The van der Waals surface area contributed by atoms with E-state index in [0.717, 1.165) is 47.4 Å². The molecule has 34 heavy (non-hydrogen) atoms. The lowest BCUT2D eigenvalue weighted by atomic mass is 9.87. The zero-order valence-corrected chi connectivity index (χ0v) is 21.0. The van der Waals surface area contributed by atoms with E-state index in [1.54, 1.807) is 0 Å². The molecular weight excluding hydrogens is 428 g/mol. The summed E-state index contributed by atoms with van der Waals surface area (Å²) in [6.45, 7) is 10.2. The van der Waals surface area contributed by atoms with E-state index in [9.17, 15) is 4.79 Å². The number of hydrogen-bond donors (Lipinski definition) is 2. The van der Waals surface area contributed by atoms with Gasteiger partial charge in [-0.15, -0.1) is 0 Å². The number of aryl methyl sites for hydroxylation is 1. The molecule has 1 saturated heterocycles. The van der Waals surface area contributed by atoms with Gasteiger partial charge in [-0.05, 0) is 25.8 Å². The molecule has 2 fully saturated rings. The Morgan fingerprint density at radius 1 is 1.21 bits per heavy atom. The number of aromatic nitrogens is 3. The number of likely N-dealkylation sites (tertiary alicyclic amines) is 1. The summed E-state index contributed by atoms with van der Waals surface area (Å²) < 4.78 is 1.95. The molecule has 184 valence electrons. The first kappa shape index (κ1) is 23.1. The summed E-state index contributed by atoms with van der Waals surface area (Å²) in [5.74, 6) is 0.207. The van der Waals surface area contributed by atoms with Gasteiger partial charge in [-0.1, -0.05) is 40.0 Å². The van der Waals surface area contributed by atoms with Crippen molar-refractivity contribution < 1.29 is 9.63 Å². The monoisotopic (exact) mass is 466 g/mol. The number of pyridine rings is 1.